The molecular formula is C12H19N3O2S. The van der Waals surface area contributed by atoms with Gasteiger partial charge >= 0.3 is 0 Å². The van der Waals surface area contributed by atoms with Crippen molar-refractivity contribution in [2.45, 2.75) is 17.4 Å². The Labute approximate surface area is 108 Å². The molecule has 0 spiro atoms. The third-order valence-corrected chi connectivity index (χ3v) is 4.67. The minimum Gasteiger partial charge on any atom is -0.380 e. The molecule has 1 aliphatic rings. The zero-order chi connectivity index (χ0) is 13.2. The predicted octanol–water partition coefficient (Wildman–Crippen LogP) is 0.711. The highest BCUT2D eigenvalue weighted by Gasteiger charge is 2.22. The van der Waals surface area contributed by atoms with Gasteiger partial charge in [-0.3, -0.25) is 0 Å². The molecule has 0 amide bonds. The minimum absolute atomic E-state index is 0.307. The average Bonchev–Trinajstić information content (AvgIpc) is 2.75. The average molecular weight is 269 g/mol. The fourth-order valence-corrected chi connectivity index (χ4v) is 3.10. The monoisotopic (exact) mass is 269 g/mol. The molecule has 2 rings (SSSR count). The van der Waals surface area contributed by atoms with Gasteiger partial charge in [-0.15, -0.1) is 0 Å². The van der Waals surface area contributed by atoms with Gasteiger partial charge in [0.05, 0.1) is 5.69 Å². The van der Waals surface area contributed by atoms with E-state index < -0.39 is 10.0 Å². The molecule has 1 aromatic rings. The van der Waals surface area contributed by atoms with Crippen molar-refractivity contribution in [1.29, 1.82) is 0 Å². The lowest BCUT2D eigenvalue weighted by molar-refractivity contribution is 0.414. The van der Waals surface area contributed by atoms with Crippen molar-refractivity contribution < 1.29 is 8.42 Å². The van der Waals surface area contributed by atoms with E-state index in [1.165, 1.54) is 7.05 Å². The summed E-state index contributed by atoms with van der Waals surface area (Å²) in [4.78, 5) is 2.54. The Morgan fingerprint density at radius 2 is 2.06 bits per heavy atom. The topological polar surface area (TPSA) is 61.4 Å². The van der Waals surface area contributed by atoms with Crippen molar-refractivity contribution in [3.8, 4) is 0 Å². The molecule has 0 bridgehead atoms. The van der Waals surface area contributed by atoms with Crippen LogP contribution in [0.1, 0.15) is 6.42 Å². The Kier molecular flexibility index (Phi) is 3.89. The maximum Gasteiger partial charge on any atom is 0.242 e. The number of likely N-dealkylation sites (N-methyl/N-ethyl adjacent to an activating group) is 1. The summed E-state index contributed by atoms with van der Waals surface area (Å²) in [7, 11) is 0.0833. The first-order valence-electron chi connectivity index (χ1n) is 6.00. The molecule has 1 heterocycles. The Morgan fingerprint density at radius 1 is 1.33 bits per heavy atom. The molecule has 0 aromatic heterocycles. The van der Waals surface area contributed by atoms with Crippen molar-refractivity contribution in [1.82, 2.24) is 9.62 Å². The van der Waals surface area contributed by atoms with Gasteiger partial charge in [-0.05, 0) is 39.2 Å². The quantitative estimate of drug-likeness (QED) is 0.845. The fraction of sp³-hybridized carbons (Fsp3) is 0.500. The van der Waals surface area contributed by atoms with Gasteiger partial charge in [-0.1, -0.05) is 12.1 Å². The molecule has 1 unspecified atom stereocenters. The summed E-state index contributed by atoms with van der Waals surface area (Å²) < 4.78 is 26.2. The molecule has 5 nitrogen and oxygen atoms in total. The van der Waals surface area contributed by atoms with Crippen molar-refractivity contribution in [2.75, 3.05) is 32.5 Å². The molecule has 0 aliphatic carbocycles. The Balaban J connectivity index is 2.23. The molecule has 6 heteroatoms. The summed E-state index contributed by atoms with van der Waals surface area (Å²) in [6.45, 7) is 1.98. The van der Waals surface area contributed by atoms with Crippen LogP contribution >= 0.6 is 0 Å². The van der Waals surface area contributed by atoms with Crippen LogP contribution in [0.15, 0.2) is 29.2 Å². The second kappa shape index (κ2) is 5.26. The smallest absolute Gasteiger partial charge is 0.242 e. The second-order valence-electron chi connectivity index (χ2n) is 4.60. The summed E-state index contributed by atoms with van der Waals surface area (Å²) in [5, 5.41) is 3.32. The highest BCUT2D eigenvalue weighted by molar-refractivity contribution is 7.89. The van der Waals surface area contributed by atoms with E-state index in [1.807, 2.05) is 12.1 Å². The molecule has 1 saturated heterocycles. The highest BCUT2D eigenvalue weighted by Crippen LogP contribution is 2.23. The number of nitrogens with one attached hydrogen (secondary N) is 2. The van der Waals surface area contributed by atoms with E-state index in [2.05, 4.69) is 22.0 Å². The number of benzene rings is 1. The van der Waals surface area contributed by atoms with Gasteiger partial charge in [0.15, 0.2) is 0 Å². The van der Waals surface area contributed by atoms with Gasteiger partial charge in [0.2, 0.25) is 10.0 Å². The summed E-state index contributed by atoms with van der Waals surface area (Å²) >= 11 is 0. The van der Waals surface area contributed by atoms with E-state index in [4.69, 9.17) is 0 Å². The molecule has 1 aromatic carbocycles. The highest BCUT2D eigenvalue weighted by atomic mass is 32.2. The maximum absolute atomic E-state index is 11.9. The van der Waals surface area contributed by atoms with Gasteiger partial charge in [0.25, 0.3) is 0 Å². The van der Waals surface area contributed by atoms with Crippen LogP contribution in [-0.2, 0) is 10.0 Å². The molecule has 0 saturated carbocycles. The van der Waals surface area contributed by atoms with Crippen molar-refractivity contribution in [3.05, 3.63) is 24.3 Å². The molecule has 2 N–H and O–H groups in total. The van der Waals surface area contributed by atoms with Crippen molar-refractivity contribution in [2.24, 2.45) is 0 Å². The Bertz CT molecular complexity index is 516. The van der Waals surface area contributed by atoms with Crippen LogP contribution in [-0.4, -0.2) is 46.5 Å². The Hall–Kier alpha value is -1.11. The van der Waals surface area contributed by atoms with E-state index in [9.17, 15) is 8.42 Å². The molecule has 1 atom stereocenters. The van der Waals surface area contributed by atoms with Gasteiger partial charge in [-0.2, -0.15) is 0 Å². The number of nitrogens with zero attached hydrogens (tertiary/aromatic N) is 1. The van der Waals surface area contributed by atoms with Gasteiger partial charge in [-0.25, -0.2) is 13.1 Å². The molecule has 1 aliphatic heterocycles. The van der Waals surface area contributed by atoms with E-state index in [-0.39, 0.29) is 0 Å². The number of para-hydroxylation sites is 1. The summed E-state index contributed by atoms with van der Waals surface area (Å²) in [5.74, 6) is 0. The van der Waals surface area contributed by atoms with Crippen LogP contribution in [0.2, 0.25) is 0 Å². The maximum atomic E-state index is 11.9. The molecule has 18 heavy (non-hydrogen) atoms. The van der Waals surface area contributed by atoms with Crippen LogP contribution in [0.3, 0.4) is 0 Å². The summed E-state index contributed by atoms with van der Waals surface area (Å²) in [5.41, 5.74) is 0.673. The van der Waals surface area contributed by atoms with Crippen LogP contribution in [0.25, 0.3) is 0 Å². The zero-order valence-electron chi connectivity index (χ0n) is 10.7. The number of hydrogen-bond donors (Lipinski definition) is 2. The SMILES string of the molecule is CNS(=O)(=O)c1ccccc1NC1CCN(C)C1. The second-order valence-corrected chi connectivity index (χ2v) is 6.45. The Morgan fingerprint density at radius 3 is 2.67 bits per heavy atom. The van der Waals surface area contributed by atoms with Crippen LogP contribution in [0.5, 0.6) is 0 Å². The molecule has 1 fully saturated rings. The summed E-state index contributed by atoms with van der Waals surface area (Å²) in [6, 6.07) is 7.31. The third-order valence-electron chi connectivity index (χ3n) is 3.20. The van der Waals surface area contributed by atoms with Crippen molar-refractivity contribution >= 4 is 15.7 Å². The van der Waals surface area contributed by atoms with Gasteiger partial charge < -0.3 is 10.2 Å². The van der Waals surface area contributed by atoms with Gasteiger partial charge in [0.1, 0.15) is 4.90 Å². The lowest BCUT2D eigenvalue weighted by Gasteiger charge is -2.17. The van der Waals surface area contributed by atoms with E-state index >= 15 is 0 Å². The molecule has 0 radical (unpaired) electrons. The number of sulfonamides is 1. The van der Waals surface area contributed by atoms with E-state index in [0.29, 0.717) is 16.6 Å². The minimum atomic E-state index is -3.41. The number of rotatable bonds is 4. The number of anilines is 1. The van der Waals surface area contributed by atoms with Crippen LogP contribution < -0.4 is 10.0 Å². The first-order chi connectivity index (χ1) is 8.53. The first kappa shape index (κ1) is 13.3. The number of hydrogen-bond acceptors (Lipinski definition) is 4. The van der Waals surface area contributed by atoms with Crippen LogP contribution in [0.4, 0.5) is 5.69 Å². The predicted molar refractivity (Wildman–Crippen MR) is 72.2 cm³/mol. The third kappa shape index (κ3) is 2.82. The molecule has 100 valence electrons. The lowest BCUT2D eigenvalue weighted by Crippen LogP contribution is -2.26. The van der Waals surface area contributed by atoms with E-state index in [1.54, 1.807) is 12.1 Å². The number of likely N-dealkylation sites (tertiary alicyclic amines) is 1. The van der Waals surface area contributed by atoms with Crippen LogP contribution in [0, 0.1) is 0 Å². The fourth-order valence-electron chi connectivity index (χ4n) is 2.20. The summed E-state index contributed by atoms with van der Waals surface area (Å²) in [6.07, 6.45) is 1.03. The van der Waals surface area contributed by atoms with Crippen molar-refractivity contribution in [3.63, 3.8) is 0 Å². The largest absolute Gasteiger partial charge is 0.380 e. The molecular weight excluding hydrogens is 250 g/mol. The zero-order valence-corrected chi connectivity index (χ0v) is 11.5. The normalized spacial score (nSPS) is 21.1. The lowest BCUT2D eigenvalue weighted by atomic mass is 10.2. The standard InChI is InChI=1S/C12H19N3O2S/c1-13-18(16,17)12-6-4-3-5-11(12)14-10-7-8-15(2)9-10/h3-6,10,13-14H,7-9H2,1-2H3. The van der Waals surface area contributed by atoms with E-state index in [0.717, 1.165) is 19.5 Å². The first-order valence-corrected chi connectivity index (χ1v) is 7.49. The van der Waals surface area contributed by atoms with Gasteiger partial charge in [0, 0.05) is 12.6 Å².